The lowest BCUT2D eigenvalue weighted by Gasteiger charge is -2.14. The van der Waals surface area contributed by atoms with Gasteiger partial charge in [0.25, 0.3) is 0 Å². The second-order valence-electron chi connectivity index (χ2n) is 3.57. The van der Waals surface area contributed by atoms with Gasteiger partial charge in [0.05, 0.1) is 17.8 Å². The van der Waals surface area contributed by atoms with Crippen LogP contribution in [0.15, 0.2) is 45.5 Å². The van der Waals surface area contributed by atoms with Gasteiger partial charge in [0.2, 0.25) is 0 Å². The number of ether oxygens (including phenoxy) is 2. The fourth-order valence-electron chi connectivity index (χ4n) is 1.48. The number of furan rings is 1. The Labute approximate surface area is 108 Å². The SMILES string of the molecule is COc1ccc(OC(C)c2ccco2)c(Br)c1. The summed E-state index contributed by atoms with van der Waals surface area (Å²) in [5, 5.41) is 0. The fraction of sp³-hybridized carbons (Fsp3) is 0.231. The lowest BCUT2D eigenvalue weighted by molar-refractivity contribution is 0.194. The molecule has 0 N–H and O–H groups in total. The third-order valence-corrected chi connectivity index (χ3v) is 3.01. The van der Waals surface area contributed by atoms with E-state index >= 15 is 0 Å². The Hall–Kier alpha value is -1.42. The molecule has 90 valence electrons. The van der Waals surface area contributed by atoms with Crippen LogP contribution in [0, 0.1) is 0 Å². The van der Waals surface area contributed by atoms with Crippen LogP contribution in [0.2, 0.25) is 0 Å². The summed E-state index contributed by atoms with van der Waals surface area (Å²) in [6.07, 6.45) is 1.51. The summed E-state index contributed by atoms with van der Waals surface area (Å²) in [7, 11) is 1.63. The van der Waals surface area contributed by atoms with E-state index in [0.29, 0.717) is 0 Å². The van der Waals surface area contributed by atoms with Crippen molar-refractivity contribution in [1.82, 2.24) is 0 Å². The van der Waals surface area contributed by atoms with Gasteiger partial charge in [-0.05, 0) is 53.2 Å². The van der Waals surface area contributed by atoms with Crippen molar-refractivity contribution in [2.24, 2.45) is 0 Å². The number of halogens is 1. The summed E-state index contributed by atoms with van der Waals surface area (Å²) in [5.41, 5.74) is 0. The zero-order valence-electron chi connectivity index (χ0n) is 9.64. The molecule has 0 saturated carbocycles. The molecule has 0 radical (unpaired) electrons. The fourth-order valence-corrected chi connectivity index (χ4v) is 1.93. The minimum absolute atomic E-state index is 0.130. The molecular formula is C13H13BrO3. The molecule has 1 heterocycles. The lowest BCUT2D eigenvalue weighted by atomic mass is 10.3. The highest BCUT2D eigenvalue weighted by atomic mass is 79.9. The molecule has 1 aromatic heterocycles. The van der Waals surface area contributed by atoms with E-state index in [0.717, 1.165) is 21.7 Å². The number of hydrogen-bond donors (Lipinski definition) is 0. The van der Waals surface area contributed by atoms with Crippen molar-refractivity contribution in [3.8, 4) is 11.5 Å². The Balaban J connectivity index is 2.13. The monoisotopic (exact) mass is 296 g/mol. The molecule has 0 fully saturated rings. The normalized spacial score (nSPS) is 12.2. The third-order valence-electron chi connectivity index (χ3n) is 2.39. The Morgan fingerprint density at radius 1 is 1.29 bits per heavy atom. The Kier molecular flexibility index (Phi) is 3.74. The molecule has 2 rings (SSSR count). The first-order valence-corrected chi connectivity index (χ1v) is 6.03. The van der Waals surface area contributed by atoms with Crippen molar-refractivity contribution >= 4 is 15.9 Å². The highest BCUT2D eigenvalue weighted by Crippen LogP contribution is 2.32. The molecule has 0 aliphatic carbocycles. The van der Waals surface area contributed by atoms with Gasteiger partial charge in [-0.25, -0.2) is 0 Å². The van der Waals surface area contributed by atoms with Gasteiger partial charge in [0.1, 0.15) is 17.3 Å². The van der Waals surface area contributed by atoms with Crippen LogP contribution < -0.4 is 9.47 Å². The van der Waals surface area contributed by atoms with Crippen LogP contribution in [-0.4, -0.2) is 7.11 Å². The topological polar surface area (TPSA) is 31.6 Å². The molecule has 0 spiro atoms. The zero-order valence-corrected chi connectivity index (χ0v) is 11.2. The van der Waals surface area contributed by atoms with Gasteiger partial charge < -0.3 is 13.9 Å². The first-order valence-electron chi connectivity index (χ1n) is 5.24. The van der Waals surface area contributed by atoms with E-state index in [2.05, 4.69) is 15.9 Å². The van der Waals surface area contributed by atoms with Gasteiger partial charge in [-0.15, -0.1) is 0 Å². The van der Waals surface area contributed by atoms with Crippen LogP contribution in [0.25, 0.3) is 0 Å². The number of methoxy groups -OCH3 is 1. The van der Waals surface area contributed by atoms with Gasteiger partial charge >= 0.3 is 0 Å². The number of rotatable bonds is 4. The Morgan fingerprint density at radius 3 is 2.71 bits per heavy atom. The molecule has 0 aliphatic rings. The lowest BCUT2D eigenvalue weighted by Crippen LogP contribution is -2.02. The van der Waals surface area contributed by atoms with Crippen LogP contribution in [0.1, 0.15) is 18.8 Å². The van der Waals surface area contributed by atoms with Crippen LogP contribution in [-0.2, 0) is 0 Å². The average Bonchev–Trinajstić information content (AvgIpc) is 2.85. The number of hydrogen-bond acceptors (Lipinski definition) is 3. The molecule has 1 atom stereocenters. The first-order chi connectivity index (χ1) is 8.20. The van der Waals surface area contributed by atoms with Crippen molar-refractivity contribution < 1.29 is 13.9 Å². The summed E-state index contributed by atoms with van der Waals surface area (Å²) in [6, 6.07) is 9.32. The van der Waals surface area contributed by atoms with Crippen molar-refractivity contribution in [3.05, 3.63) is 46.8 Å². The van der Waals surface area contributed by atoms with Crippen molar-refractivity contribution in [3.63, 3.8) is 0 Å². The summed E-state index contributed by atoms with van der Waals surface area (Å²) in [6.45, 7) is 1.94. The van der Waals surface area contributed by atoms with E-state index < -0.39 is 0 Å². The van der Waals surface area contributed by atoms with Gasteiger partial charge in [0, 0.05) is 0 Å². The summed E-state index contributed by atoms with van der Waals surface area (Å²) in [4.78, 5) is 0. The predicted octanol–water partition coefficient (Wildman–Crippen LogP) is 4.19. The summed E-state index contributed by atoms with van der Waals surface area (Å²) in [5.74, 6) is 2.34. The smallest absolute Gasteiger partial charge is 0.153 e. The van der Waals surface area contributed by atoms with Crippen LogP contribution >= 0.6 is 15.9 Å². The molecular weight excluding hydrogens is 284 g/mol. The molecule has 0 bridgehead atoms. The predicted molar refractivity (Wildman–Crippen MR) is 68.4 cm³/mol. The molecule has 4 heteroatoms. The Bertz CT molecular complexity index is 479. The minimum atomic E-state index is -0.130. The molecule has 0 amide bonds. The Morgan fingerprint density at radius 2 is 2.12 bits per heavy atom. The molecule has 0 aliphatic heterocycles. The van der Waals surface area contributed by atoms with E-state index in [-0.39, 0.29) is 6.10 Å². The second-order valence-corrected chi connectivity index (χ2v) is 4.43. The number of benzene rings is 1. The van der Waals surface area contributed by atoms with Gasteiger partial charge in [-0.2, -0.15) is 0 Å². The van der Waals surface area contributed by atoms with Crippen molar-refractivity contribution in [1.29, 1.82) is 0 Å². The van der Waals surface area contributed by atoms with E-state index in [4.69, 9.17) is 13.9 Å². The largest absolute Gasteiger partial charge is 0.497 e. The first kappa shape index (κ1) is 12.0. The second kappa shape index (κ2) is 5.27. The summed E-state index contributed by atoms with van der Waals surface area (Å²) < 4.78 is 17.1. The van der Waals surface area contributed by atoms with Gasteiger partial charge in [-0.1, -0.05) is 0 Å². The molecule has 17 heavy (non-hydrogen) atoms. The minimum Gasteiger partial charge on any atom is -0.497 e. The van der Waals surface area contributed by atoms with Crippen LogP contribution in [0.3, 0.4) is 0 Å². The molecule has 3 nitrogen and oxygen atoms in total. The summed E-state index contributed by atoms with van der Waals surface area (Å²) >= 11 is 3.44. The van der Waals surface area contributed by atoms with Crippen molar-refractivity contribution in [2.75, 3.05) is 7.11 Å². The van der Waals surface area contributed by atoms with Crippen LogP contribution in [0.4, 0.5) is 0 Å². The molecule has 1 aromatic carbocycles. The zero-order chi connectivity index (χ0) is 12.3. The average molecular weight is 297 g/mol. The molecule has 0 saturated heterocycles. The molecule has 2 aromatic rings. The van der Waals surface area contributed by atoms with E-state index in [1.807, 2.05) is 37.3 Å². The van der Waals surface area contributed by atoms with Crippen molar-refractivity contribution in [2.45, 2.75) is 13.0 Å². The highest BCUT2D eigenvalue weighted by molar-refractivity contribution is 9.10. The highest BCUT2D eigenvalue weighted by Gasteiger charge is 2.12. The van der Waals surface area contributed by atoms with E-state index in [1.54, 1.807) is 13.4 Å². The standard InChI is InChI=1S/C13H13BrO3/c1-9(12-4-3-7-16-12)17-13-6-5-10(15-2)8-11(13)14/h3-9H,1-2H3. The maximum atomic E-state index is 5.79. The van der Waals surface area contributed by atoms with Crippen LogP contribution in [0.5, 0.6) is 11.5 Å². The third kappa shape index (κ3) is 2.82. The maximum absolute atomic E-state index is 5.79. The van der Waals surface area contributed by atoms with Gasteiger partial charge in [0.15, 0.2) is 6.10 Å². The van der Waals surface area contributed by atoms with E-state index in [9.17, 15) is 0 Å². The maximum Gasteiger partial charge on any atom is 0.153 e. The van der Waals surface area contributed by atoms with E-state index in [1.165, 1.54) is 0 Å². The molecule has 1 unspecified atom stereocenters. The quantitative estimate of drug-likeness (QED) is 0.848. The van der Waals surface area contributed by atoms with Gasteiger partial charge in [-0.3, -0.25) is 0 Å².